The van der Waals surface area contributed by atoms with Crippen molar-refractivity contribution in [1.82, 2.24) is 14.8 Å². The van der Waals surface area contributed by atoms with Crippen LogP contribution in [0.25, 0.3) is 16.5 Å². The first-order valence-electron chi connectivity index (χ1n) is 12.0. The number of hydrogen-bond acceptors (Lipinski definition) is 5. The largest absolute Gasteiger partial charge is 0.488 e. The maximum atomic E-state index is 12.9. The molecule has 0 aliphatic heterocycles. The van der Waals surface area contributed by atoms with Gasteiger partial charge in [0.1, 0.15) is 24.0 Å². The fourth-order valence-corrected chi connectivity index (χ4v) is 4.04. The number of anilines is 3. The molecule has 0 bridgehead atoms. The molecule has 2 heterocycles. The number of hydrogen-bond donors (Lipinski definition) is 3. The lowest BCUT2D eigenvalue weighted by molar-refractivity contribution is -0.114. The molecule has 9 heteroatoms. The second-order valence-corrected chi connectivity index (χ2v) is 8.72. The summed E-state index contributed by atoms with van der Waals surface area (Å²) >= 11 is 0. The van der Waals surface area contributed by atoms with E-state index >= 15 is 0 Å². The van der Waals surface area contributed by atoms with E-state index in [0.717, 1.165) is 27.6 Å². The molecule has 0 radical (unpaired) electrons. The maximum absolute atomic E-state index is 12.9. The van der Waals surface area contributed by atoms with Crippen LogP contribution in [-0.4, -0.2) is 26.7 Å². The molecule has 0 fully saturated rings. The van der Waals surface area contributed by atoms with Gasteiger partial charge in [-0.3, -0.25) is 10.1 Å². The fraction of sp³-hybridized carbons (Fsp3) is 0.103. The topological polar surface area (TPSA) is 110 Å². The Kier molecular flexibility index (Phi) is 6.99. The van der Waals surface area contributed by atoms with Crippen molar-refractivity contribution in [2.45, 2.75) is 20.5 Å². The van der Waals surface area contributed by atoms with Crippen molar-refractivity contribution in [3.05, 3.63) is 102 Å². The lowest BCUT2D eigenvalue weighted by Gasteiger charge is -2.15. The van der Waals surface area contributed by atoms with E-state index in [1.165, 1.54) is 6.92 Å². The number of nitrogens with zero attached hydrogens (tertiary/aromatic N) is 3. The number of rotatable bonds is 7. The summed E-state index contributed by atoms with van der Waals surface area (Å²) in [6, 6.07) is 24.2. The molecule has 2 aromatic heterocycles. The molecule has 3 N–H and O–H groups in total. The standard InChI is InChI=1S/C29H26N6O3/c1-19-7-9-22(10-8-19)35-28(14-16-31-35)34-29(37)33-25-11-12-26(24-6-4-3-5-23(24)25)38-18-21-13-15-30-27(17-21)32-20(2)36/h3-17H,18H2,1-2H3,(H,30,32,36)(H2,33,34,37). The van der Waals surface area contributed by atoms with E-state index in [4.69, 9.17) is 4.74 Å². The van der Waals surface area contributed by atoms with Gasteiger partial charge in [0.15, 0.2) is 0 Å². The third-order valence-electron chi connectivity index (χ3n) is 5.82. The first-order valence-corrected chi connectivity index (χ1v) is 12.0. The number of pyridine rings is 1. The highest BCUT2D eigenvalue weighted by atomic mass is 16.5. The number of fused-ring (bicyclic) bond motifs is 1. The number of amides is 3. The number of ether oxygens (including phenoxy) is 1. The van der Waals surface area contributed by atoms with Crippen molar-refractivity contribution >= 4 is 40.0 Å². The first kappa shape index (κ1) is 24.5. The molecular weight excluding hydrogens is 480 g/mol. The van der Waals surface area contributed by atoms with Gasteiger partial charge in [-0.15, -0.1) is 0 Å². The van der Waals surface area contributed by atoms with Crippen LogP contribution in [0.5, 0.6) is 5.75 Å². The van der Waals surface area contributed by atoms with E-state index in [2.05, 4.69) is 26.0 Å². The van der Waals surface area contributed by atoms with Gasteiger partial charge in [0.25, 0.3) is 0 Å². The predicted molar refractivity (Wildman–Crippen MR) is 148 cm³/mol. The van der Waals surface area contributed by atoms with Crippen molar-refractivity contribution < 1.29 is 14.3 Å². The smallest absolute Gasteiger partial charge is 0.324 e. The normalized spacial score (nSPS) is 10.7. The van der Waals surface area contributed by atoms with Crippen LogP contribution in [0.2, 0.25) is 0 Å². The first-order chi connectivity index (χ1) is 18.5. The van der Waals surface area contributed by atoms with Gasteiger partial charge in [-0.1, -0.05) is 42.0 Å². The number of aryl methyl sites for hydroxylation is 1. The molecular formula is C29H26N6O3. The monoisotopic (exact) mass is 506 g/mol. The van der Waals surface area contributed by atoms with Crippen molar-refractivity contribution in [3.8, 4) is 11.4 Å². The average molecular weight is 507 g/mol. The van der Waals surface area contributed by atoms with Gasteiger partial charge in [0, 0.05) is 30.0 Å². The Hall–Kier alpha value is -5.18. The molecule has 9 nitrogen and oxygen atoms in total. The zero-order valence-corrected chi connectivity index (χ0v) is 20.9. The highest BCUT2D eigenvalue weighted by molar-refractivity contribution is 6.07. The summed E-state index contributed by atoms with van der Waals surface area (Å²) in [5, 5.41) is 14.5. The molecule has 3 amide bonds. The highest BCUT2D eigenvalue weighted by Crippen LogP contribution is 2.32. The minimum atomic E-state index is -0.389. The molecule has 0 aliphatic rings. The molecule has 0 aliphatic carbocycles. The molecule has 0 spiro atoms. The highest BCUT2D eigenvalue weighted by Gasteiger charge is 2.13. The minimum Gasteiger partial charge on any atom is -0.488 e. The van der Waals surface area contributed by atoms with Crippen LogP contribution in [0.15, 0.2) is 91.3 Å². The Morgan fingerprint density at radius 2 is 1.66 bits per heavy atom. The SMILES string of the molecule is CC(=O)Nc1cc(COc2ccc(NC(=O)Nc3ccnn3-c3ccc(C)cc3)c3ccccc23)ccn1. The van der Waals surface area contributed by atoms with Crippen LogP contribution in [-0.2, 0) is 11.4 Å². The summed E-state index contributed by atoms with van der Waals surface area (Å²) in [7, 11) is 0. The van der Waals surface area contributed by atoms with Gasteiger partial charge in [0.05, 0.1) is 17.6 Å². The summed E-state index contributed by atoms with van der Waals surface area (Å²) in [5.74, 6) is 1.50. The molecule has 38 heavy (non-hydrogen) atoms. The van der Waals surface area contributed by atoms with Crippen LogP contribution in [0.3, 0.4) is 0 Å². The molecule has 5 aromatic rings. The lowest BCUT2D eigenvalue weighted by Crippen LogP contribution is -2.21. The fourth-order valence-electron chi connectivity index (χ4n) is 4.04. The molecule has 3 aromatic carbocycles. The van der Waals surface area contributed by atoms with Crippen LogP contribution < -0.4 is 20.7 Å². The van der Waals surface area contributed by atoms with Crippen LogP contribution in [0.1, 0.15) is 18.1 Å². The number of nitrogens with one attached hydrogen (secondary N) is 3. The van der Waals surface area contributed by atoms with Crippen LogP contribution >= 0.6 is 0 Å². The third-order valence-corrected chi connectivity index (χ3v) is 5.82. The zero-order valence-electron chi connectivity index (χ0n) is 20.9. The Morgan fingerprint density at radius 3 is 2.45 bits per heavy atom. The molecule has 0 saturated carbocycles. The Labute approximate surface area is 219 Å². The average Bonchev–Trinajstić information content (AvgIpc) is 3.36. The van der Waals surface area contributed by atoms with Crippen LogP contribution in [0, 0.1) is 6.92 Å². The Balaban J connectivity index is 1.31. The van der Waals surface area contributed by atoms with Crippen molar-refractivity contribution in [2.75, 3.05) is 16.0 Å². The number of urea groups is 1. The molecule has 5 rings (SSSR count). The molecule has 0 unspecified atom stereocenters. The van der Waals surface area contributed by atoms with Gasteiger partial charge >= 0.3 is 6.03 Å². The van der Waals surface area contributed by atoms with Gasteiger partial charge in [-0.05, 0) is 48.9 Å². The van der Waals surface area contributed by atoms with E-state index in [1.54, 1.807) is 29.2 Å². The third kappa shape index (κ3) is 5.62. The van der Waals surface area contributed by atoms with Gasteiger partial charge in [-0.25, -0.2) is 14.5 Å². The van der Waals surface area contributed by atoms with E-state index in [9.17, 15) is 9.59 Å². The van der Waals surface area contributed by atoms with E-state index in [0.29, 0.717) is 23.1 Å². The van der Waals surface area contributed by atoms with Crippen molar-refractivity contribution in [1.29, 1.82) is 0 Å². The quantitative estimate of drug-likeness (QED) is 0.254. The second-order valence-electron chi connectivity index (χ2n) is 8.72. The number of carbonyl (C=O) groups excluding carboxylic acids is 2. The van der Waals surface area contributed by atoms with E-state index in [-0.39, 0.29) is 18.5 Å². The van der Waals surface area contributed by atoms with Crippen molar-refractivity contribution in [2.24, 2.45) is 0 Å². The van der Waals surface area contributed by atoms with Crippen molar-refractivity contribution in [3.63, 3.8) is 0 Å². The van der Waals surface area contributed by atoms with Gasteiger partial charge in [0.2, 0.25) is 5.91 Å². The predicted octanol–water partition coefficient (Wildman–Crippen LogP) is 5.91. The summed E-state index contributed by atoms with van der Waals surface area (Å²) in [5.41, 5.74) is 3.49. The number of carbonyl (C=O) groups is 2. The molecule has 0 atom stereocenters. The minimum absolute atomic E-state index is 0.187. The van der Waals surface area contributed by atoms with Gasteiger partial charge in [-0.2, -0.15) is 5.10 Å². The zero-order chi connectivity index (χ0) is 26.5. The summed E-state index contributed by atoms with van der Waals surface area (Å²) in [6.45, 7) is 3.74. The maximum Gasteiger partial charge on any atom is 0.324 e. The van der Waals surface area contributed by atoms with Gasteiger partial charge < -0.3 is 15.4 Å². The Bertz CT molecular complexity index is 1610. The Morgan fingerprint density at radius 1 is 0.868 bits per heavy atom. The summed E-state index contributed by atoms with van der Waals surface area (Å²) in [4.78, 5) is 28.4. The molecule has 190 valence electrons. The molecule has 0 saturated heterocycles. The summed E-state index contributed by atoms with van der Waals surface area (Å²) in [6.07, 6.45) is 3.26. The lowest BCUT2D eigenvalue weighted by atomic mass is 10.1. The summed E-state index contributed by atoms with van der Waals surface area (Å²) < 4.78 is 7.77. The van der Waals surface area contributed by atoms with Crippen LogP contribution in [0.4, 0.5) is 22.1 Å². The number of benzene rings is 3. The van der Waals surface area contributed by atoms with E-state index < -0.39 is 0 Å². The second kappa shape index (κ2) is 10.8. The number of aromatic nitrogens is 3. The van der Waals surface area contributed by atoms with E-state index in [1.807, 2.05) is 73.7 Å².